The summed E-state index contributed by atoms with van der Waals surface area (Å²) >= 11 is 0. The number of rotatable bonds is 8. The van der Waals surface area contributed by atoms with E-state index < -0.39 is 0 Å². The highest BCUT2D eigenvalue weighted by atomic mass is 16.5. The SMILES string of the molecule is COCCNCC(=O)Nc1ccccc1CN(C)C. The Balaban J connectivity index is 2.49. The molecule has 1 aromatic rings. The second-order valence-electron chi connectivity index (χ2n) is 4.61. The van der Waals surface area contributed by atoms with Crippen LogP contribution in [0.1, 0.15) is 5.56 Å². The number of benzene rings is 1. The zero-order valence-electron chi connectivity index (χ0n) is 11.9. The van der Waals surface area contributed by atoms with Crippen LogP contribution in [0.25, 0.3) is 0 Å². The van der Waals surface area contributed by atoms with Gasteiger partial charge in [0.05, 0.1) is 13.2 Å². The van der Waals surface area contributed by atoms with E-state index in [1.807, 2.05) is 38.4 Å². The molecule has 19 heavy (non-hydrogen) atoms. The summed E-state index contributed by atoms with van der Waals surface area (Å²) in [7, 11) is 5.65. The van der Waals surface area contributed by atoms with Crippen molar-refractivity contribution in [2.45, 2.75) is 6.54 Å². The summed E-state index contributed by atoms with van der Waals surface area (Å²) < 4.78 is 4.91. The van der Waals surface area contributed by atoms with E-state index in [9.17, 15) is 4.79 Å². The minimum absolute atomic E-state index is 0.0395. The minimum Gasteiger partial charge on any atom is -0.383 e. The highest BCUT2D eigenvalue weighted by Crippen LogP contribution is 2.15. The molecule has 1 amide bonds. The van der Waals surface area contributed by atoms with Crippen molar-refractivity contribution >= 4 is 11.6 Å². The van der Waals surface area contributed by atoms with Crippen molar-refractivity contribution in [3.63, 3.8) is 0 Å². The summed E-state index contributed by atoms with van der Waals surface area (Å²) in [4.78, 5) is 13.9. The molecular formula is C14H23N3O2. The lowest BCUT2D eigenvalue weighted by Gasteiger charge is -2.15. The molecule has 5 nitrogen and oxygen atoms in total. The van der Waals surface area contributed by atoms with Gasteiger partial charge in [0.1, 0.15) is 0 Å². The summed E-state index contributed by atoms with van der Waals surface area (Å²) in [5.74, 6) is -0.0395. The Hall–Kier alpha value is -1.43. The van der Waals surface area contributed by atoms with Gasteiger partial charge in [0, 0.05) is 25.9 Å². The van der Waals surface area contributed by atoms with E-state index in [0.29, 0.717) is 19.7 Å². The molecule has 0 aliphatic rings. The Morgan fingerprint density at radius 2 is 2.05 bits per heavy atom. The van der Waals surface area contributed by atoms with Crippen molar-refractivity contribution in [2.24, 2.45) is 0 Å². The smallest absolute Gasteiger partial charge is 0.238 e. The summed E-state index contributed by atoms with van der Waals surface area (Å²) in [5, 5.41) is 5.94. The highest BCUT2D eigenvalue weighted by molar-refractivity contribution is 5.92. The summed E-state index contributed by atoms with van der Waals surface area (Å²) in [6.45, 7) is 2.36. The van der Waals surface area contributed by atoms with Crippen LogP contribution in [0.4, 0.5) is 5.69 Å². The van der Waals surface area contributed by atoms with Gasteiger partial charge in [-0.15, -0.1) is 0 Å². The normalized spacial score (nSPS) is 10.7. The second kappa shape index (κ2) is 8.63. The second-order valence-corrected chi connectivity index (χ2v) is 4.61. The minimum atomic E-state index is -0.0395. The maximum absolute atomic E-state index is 11.8. The van der Waals surface area contributed by atoms with Crippen LogP contribution in [-0.2, 0) is 16.1 Å². The molecule has 0 unspecified atom stereocenters. The Kier molecular flexibility index (Phi) is 7.10. The van der Waals surface area contributed by atoms with Crippen LogP contribution in [0, 0.1) is 0 Å². The molecule has 0 bridgehead atoms. The predicted octanol–water partition coefficient (Wildman–Crippen LogP) is 0.923. The lowest BCUT2D eigenvalue weighted by atomic mass is 10.1. The summed E-state index contributed by atoms with van der Waals surface area (Å²) in [6, 6.07) is 7.85. The largest absolute Gasteiger partial charge is 0.383 e. The molecule has 0 aromatic heterocycles. The first kappa shape index (κ1) is 15.6. The number of carbonyl (C=O) groups excluding carboxylic acids is 1. The van der Waals surface area contributed by atoms with Gasteiger partial charge in [0.2, 0.25) is 5.91 Å². The van der Waals surface area contributed by atoms with Crippen LogP contribution in [0.2, 0.25) is 0 Å². The third-order valence-corrected chi connectivity index (χ3v) is 2.55. The molecule has 0 aliphatic heterocycles. The van der Waals surface area contributed by atoms with Crippen LogP contribution < -0.4 is 10.6 Å². The van der Waals surface area contributed by atoms with Gasteiger partial charge in [-0.1, -0.05) is 18.2 Å². The number of amides is 1. The molecule has 0 aliphatic carbocycles. The third-order valence-electron chi connectivity index (χ3n) is 2.55. The van der Waals surface area contributed by atoms with Crippen molar-refractivity contribution < 1.29 is 9.53 Å². The first-order valence-electron chi connectivity index (χ1n) is 6.35. The fraction of sp³-hybridized carbons (Fsp3) is 0.500. The quantitative estimate of drug-likeness (QED) is 0.686. The Morgan fingerprint density at radius 1 is 1.32 bits per heavy atom. The van der Waals surface area contributed by atoms with Crippen molar-refractivity contribution in [2.75, 3.05) is 46.2 Å². The topological polar surface area (TPSA) is 53.6 Å². The molecule has 0 saturated heterocycles. The van der Waals surface area contributed by atoms with Gasteiger partial charge in [0.15, 0.2) is 0 Å². The highest BCUT2D eigenvalue weighted by Gasteiger charge is 2.06. The molecule has 2 N–H and O–H groups in total. The van der Waals surface area contributed by atoms with Crippen LogP contribution >= 0.6 is 0 Å². The van der Waals surface area contributed by atoms with Crippen molar-refractivity contribution in [1.29, 1.82) is 0 Å². The van der Waals surface area contributed by atoms with Crippen molar-refractivity contribution in [3.05, 3.63) is 29.8 Å². The standard InChI is InChI=1S/C14H23N3O2/c1-17(2)11-12-6-4-5-7-13(12)16-14(18)10-15-8-9-19-3/h4-7,15H,8-11H2,1-3H3,(H,16,18). The Morgan fingerprint density at radius 3 is 2.74 bits per heavy atom. The van der Waals surface area contributed by atoms with Gasteiger partial charge in [-0.25, -0.2) is 0 Å². The first-order chi connectivity index (χ1) is 9.13. The van der Waals surface area contributed by atoms with Crippen molar-refractivity contribution in [1.82, 2.24) is 10.2 Å². The lowest BCUT2D eigenvalue weighted by molar-refractivity contribution is -0.115. The Bertz CT molecular complexity index is 394. The molecule has 0 spiro atoms. The first-order valence-corrected chi connectivity index (χ1v) is 6.35. The third kappa shape index (κ3) is 6.33. The zero-order valence-corrected chi connectivity index (χ0v) is 11.9. The summed E-state index contributed by atoms with van der Waals surface area (Å²) in [5.41, 5.74) is 1.98. The molecule has 106 valence electrons. The van der Waals surface area contributed by atoms with Gasteiger partial charge in [-0.2, -0.15) is 0 Å². The van der Waals surface area contributed by atoms with E-state index in [4.69, 9.17) is 4.74 Å². The number of hydrogen-bond donors (Lipinski definition) is 2. The number of methoxy groups -OCH3 is 1. The average molecular weight is 265 g/mol. The zero-order chi connectivity index (χ0) is 14.1. The van der Waals surface area contributed by atoms with Crippen LogP contribution in [0.15, 0.2) is 24.3 Å². The van der Waals surface area contributed by atoms with Gasteiger partial charge in [0.25, 0.3) is 0 Å². The van der Waals surface area contributed by atoms with Crippen LogP contribution in [-0.4, -0.2) is 51.7 Å². The number of hydrogen-bond acceptors (Lipinski definition) is 4. The van der Waals surface area contributed by atoms with E-state index in [1.54, 1.807) is 7.11 Å². The molecule has 0 radical (unpaired) electrons. The molecule has 0 fully saturated rings. The van der Waals surface area contributed by atoms with Crippen molar-refractivity contribution in [3.8, 4) is 0 Å². The predicted molar refractivity (Wildman–Crippen MR) is 77.2 cm³/mol. The molecule has 0 saturated carbocycles. The fourth-order valence-corrected chi connectivity index (χ4v) is 1.69. The number of nitrogens with zero attached hydrogens (tertiary/aromatic N) is 1. The molecule has 0 heterocycles. The van der Waals surface area contributed by atoms with E-state index in [0.717, 1.165) is 17.8 Å². The average Bonchev–Trinajstić information content (AvgIpc) is 2.36. The molecule has 5 heteroatoms. The number of carbonyl (C=O) groups is 1. The number of para-hydroxylation sites is 1. The van der Waals surface area contributed by atoms with E-state index >= 15 is 0 Å². The van der Waals surface area contributed by atoms with Gasteiger partial charge in [-0.3, -0.25) is 4.79 Å². The fourth-order valence-electron chi connectivity index (χ4n) is 1.69. The number of nitrogens with one attached hydrogen (secondary N) is 2. The molecule has 1 rings (SSSR count). The van der Waals surface area contributed by atoms with Crippen LogP contribution in [0.5, 0.6) is 0 Å². The molecule has 1 aromatic carbocycles. The van der Waals surface area contributed by atoms with E-state index in [1.165, 1.54) is 0 Å². The molecular weight excluding hydrogens is 242 g/mol. The monoisotopic (exact) mass is 265 g/mol. The lowest BCUT2D eigenvalue weighted by Crippen LogP contribution is -2.30. The molecule has 0 atom stereocenters. The van der Waals surface area contributed by atoms with E-state index in [-0.39, 0.29) is 5.91 Å². The Labute approximate surface area is 114 Å². The maximum Gasteiger partial charge on any atom is 0.238 e. The van der Waals surface area contributed by atoms with Gasteiger partial charge in [-0.05, 0) is 25.7 Å². The number of anilines is 1. The van der Waals surface area contributed by atoms with Crippen LogP contribution in [0.3, 0.4) is 0 Å². The van der Waals surface area contributed by atoms with E-state index in [2.05, 4.69) is 15.5 Å². The number of ether oxygens (including phenoxy) is 1. The van der Waals surface area contributed by atoms with Gasteiger partial charge >= 0.3 is 0 Å². The van der Waals surface area contributed by atoms with Gasteiger partial charge < -0.3 is 20.3 Å². The maximum atomic E-state index is 11.8. The summed E-state index contributed by atoms with van der Waals surface area (Å²) in [6.07, 6.45) is 0.